The summed E-state index contributed by atoms with van der Waals surface area (Å²) in [6.45, 7) is 7.90. The maximum absolute atomic E-state index is 13.5. The average Bonchev–Trinajstić information content (AvgIpc) is 2.82. The number of hydrogen-bond acceptors (Lipinski definition) is 4. The molecule has 37 heavy (non-hydrogen) atoms. The first kappa shape index (κ1) is 26.4. The van der Waals surface area contributed by atoms with E-state index < -0.39 is 10.0 Å². The summed E-state index contributed by atoms with van der Waals surface area (Å²) in [5, 5.41) is 5.99. The second kappa shape index (κ2) is 10.2. The van der Waals surface area contributed by atoms with Gasteiger partial charge in [-0.25, -0.2) is 8.42 Å². The first-order valence-corrected chi connectivity index (χ1v) is 15.4. The molecule has 1 heterocycles. The molecule has 0 aromatic heterocycles. The Bertz CT molecular complexity index is 1100. The van der Waals surface area contributed by atoms with E-state index in [1.807, 2.05) is 13.8 Å². The molecule has 202 valence electrons. The van der Waals surface area contributed by atoms with E-state index in [-0.39, 0.29) is 34.8 Å². The number of hydrogen-bond donors (Lipinski definition) is 2. The quantitative estimate of drug-likeness (QED) is 0.494. The Morgan fingerprint density at radius 3 is 2.03 bits per heavy atom. The summed E-state index contributed by atoms with van der Waals surface area (Å²) < 4.78 is 28.5. The van der Waals surface area contributed by atoms with E-state index in [0.29, 0.717) is 30.4 Å². The zero-order valence-corrected chi connectivity index (χ0v) is 22.9. The van der Waals surface area contributed by atoms with Crippen LogP contribution in [0.2, 0.25) is 0 Å². The molecule has 7 nitrogen and oxygen atoms in total. The molecule has 6 rings (SSSR count). The van der Waals surface area contributed by atoms with E-state index in [0.717, 1.165) is 24.2 Å². The van der Waals surface area contributed by atoms with Crippen LogP contribution in [0.1, 0.15) is 82.0 Å². The number of nitrogens with zero attached hydrogens (tertiary/aromatic N) is 1. The monoisotopic (exact) mass is 527 g/mol. The maximum atomic E-state index is 13.5. The first-order valence-electron chi connectivity index (χ1n) is 13.9. The number of carbonyl (C=O) groups excluding carboxylic acids is 2. The molecule has 4 saturated carbocycles. The molecule has 1 aromatic carbocycles. The third-order valence-corrected chi connectivity index (χ3v) is 11.6. The van der Waals surface area contributed by atoms with Crippen LogP contribution in [-0.2, 0) is 14.8 Å². The molecule has 4 aliphatic carbocycles. The van der Waals surface area contributed by atoms with Gasteiger partial charge < -0.3 is 10.6 Å². The van der Waals surface area contributed by atoms with E-state index in [1.165, 1.54) is 61.0 Å². The number of nitrogens with one attached hydrogen (secondary N) is 2. The minimum absolute atomic E-state index is 0.0912. The van der Waals surface area contributed by atoms with Crippen LogP contribution in [-0.4, -0.2) is 49.2 Å². The predicted octanol–water partition coefficient (Wildman–Crippen LogP) is 4.26. The largest absolute Gasteiger partial charge is 0.352 e. The van der Waals surface area contributed by atoms with Gasteiger partial charge in [0, 0.05) is 30.2 Å². The number of benzene rings is 1. The highest BCUT2D eigenvalue weighted by Gasteiger charge is 2.50. The van der Waals surface area contributed by atoms with Gasteiger partial charge in [0.1, 0.15) is 0 Å². The average molecular weight is 528 g/mol. The van der Waals surface area contributed by atoms with Crippen molar-refractivity contribution in [3.63, 3.8) is 0 Å². The smallest absolute Gasteiger partial charge is 0.251 e. The standard InChI is InChI=1S/C29H41N3O4S/c1-4-27(33)31-25-11-19(2)32(20(3)12-25)37(35,36)26-7-5-24(6-8-26)28(34)30-10-9-29-16-21-13-22(17-29)15-23(14-21)18-29/h4-8,19-23,25H,1,9-18H2,2-3H3,(H,30,34)(H,31,33). The molecule has 0 spiro atoms. The molecular formula is C29H41N3O4S. The zero-order chi connectivity index (χ0) is 26.4. The summed E-state index contributed by atoms with van der Waals surface area (Å²) in [4.78, 5) is 24.7. The SMILES string of the molecule is C=CC(=O)NC1CC(C)N(S(=O)(=O)c2ccc(C(=O)NCCC34CC5CC(CC(C5)C3)C4)cc2)C(C)C1. The van der Waals surface area contributed by atoms with Crippen molar-refractivity contribution in [1.29, 1.82) is 0 Å². The van der Waals surface area contributed by atoms with Crippen LogP contribution >= 0.6 is 0 Å². The fraction of sp³-hybridized carbons (Fsp3) is 0.655. The van der Waals surface area contributed by atoms with Crippen molar-refractivity contribution in [2.45, 2.75) is 94.7 Å². The Balaban J connectivity index is 1.17. The van der Waals surface area contributed by atoms with Crippen molar-refractivity contribution in [2.24, 2.45) is 23.2 Å². The minimum atomic E-state index is -3.73. The van der Waals surface area contributed by atoms with Crippen LogP contribution in [0.15, 0.2) is 41.8 Å². The molecule has 2 atom stereocenters. The van der Waals surface area contributed by atoms with Crippen molar-refractivity contribution in [3.05, 3.63) is 42.5 Å². The summed E-state index contributed by atoms with van der Waals surface area (Å²) in [5.74, 6) is 2.32. The van der Waals surface area contributed by atoms with Crippen LogP contribution < -0.4 is 10.6 Å². The van der Waals surface area contributed by atoms with E-state index in [1.54, 1.807) is 12.1 Å². The Morgan fingerprint density at radius 1 is 0.973 bits per heavy atom. The van der Waals surface area contributed by atoms with Gasteiger partial charge in [-0.2, -0.15) is 4.31 Å². The van der Waals surface area contributed by atoms with E-state index in [2.05, 4.69) is 17.2 Å². The molecule has 1 saturated heterocycles. The fourth-order valence-corrected chi connectivity index (χ4v) is 10.3. The van der Waals surface area contributed by atoms with Crippen molar-refractivity contribution >= 4 is 21.8 Å². The van der Waals surface area contributed by atoms with Gasteiger partial charge in [0.15, 0.2) is 0 Å². The number of piperidine rings is 1. The Hall–Kier alpha value is -2.19. The summed E-state index contributed by atoms with van der Waals surface area (Å²) in [5.41, 5.74) is 0.909. The third kappa shape index (κ3) is 5.37. The first-order chi connectivity index (χ1) is 17.6. The summed E-state index contributed by atoms with van der Waals surface area (Å²) >= 11 is 0. The minimum Gasteiger partial charge on any atom is -0.352 e. The number of carbonyl (C=O) groups is 2. The lowest BCUT2D eigenvalue weighted by Gasteiger charge is -2.57. The van der Waals surface area contributed by atoms with Crippen molar-refractivity contribution < 1.29 is 18.0 Å². The molecule has 1 aromatic rings. The van der Waals surface area contributed by atoms with Gasteiger partial charge >= 0.3 is 0 Å². The highest BCUT2D eigenvalue weighted by Crippen LogP contribution is 2.61. The van der Waals surface area contributed by atoms with Gasteiger partial charge in [-0.1, -0.05) is 6.58 Å². The van der Waals surface area contributed by atoms with E-state index in [9.17, 15) is 18.0 Å². The van der Waals surface area contributed by atoms with Crippen LogP contribution in [0.25, 0.3) is 0 Å². The normalized spacial score (nSPS) is 35.2. The van der Waals surface area contributed by atoms with Crippen molar-refractivity contribution in [2.75, 3.05) is 6.54 Å². The molecule has 2 unspecified atom stereocenters. The molecule has 2 N–H and O–H groups in total. The van der Waals surface area contributed by atoms with Gasteiger partial charge in [-0.3, -0.25) is 9.59 Å². The van der Waals surface area contributed by atoms with Gasteiger partial charge in [0.05, 0.1) is 4.90 Å². The second-order valence-electron chi connectivity index (χ2n) is 12.4. The third-order valence-electron chi connectivity index (χ3n) is 9.45. The van der Waals surface area contributed by atoms with Crippen LogP contribution in [0.5, 0.6) is 0 Å². The topological polar surface area (TPSA) is 95.6 Å². The molecule has 5 fully saturated rings. The highest BCUT2D eigenvalue weighted by atomic mass is 32.2. The number of sulfonamides is 1. The Labute approximate surface area is 221 Å². The van der Waals surface area contributed by atoms with E-state index >= 15 is 0 Å². The summed E-state index contributed by atoms with van der Waals surface area (Å²) in [6.07, 6.45) is 11.6. The summed E-state index contributed by atoms with van der Waals surface area (Å²) in [6, 6.07) is 5.67. The van der Waals surface area contributed by atoms with Crippen LogP contribution in [0.3, 0.4) is 0 Å². The molecule has 5 aliphatic rings. The highest BCUT2D eigenvalue weighted by molar-refractivity contribution is 7.89. The summed E-state index contributed by atoms with van der Waals surface area (Å²) in [7, 11) is -3.73. The lowest BCUT2D eigenvalue weighted by molar-refractivity contribution is -0.117. The number of rotatable bonds is 8. The molecule has 8 heteroatoms. The molecule has 4 bridgehead atoms. The lowest BCUT2D eigenvalue weighted by atomic mass is 9.49. The van der Waals surface area contributed by atoms with Gasteiger partial charge in [-0.15, -0.1) is 0 Å². The second-order valence-corrected chi connectivity index (χ2v) is 14.2. The van der Waals surface area contributed by atoms with Crippen molar-refractivity contribution in [3.8, 4) is 0 Å². The lowest BCUT2D eigenvalue weighted by Crippen LogP contribution is -2.54. The molecule has 0 radical (unpaired) electrons. The van der Waals surface area contributed by atoms with Crippen LogP contribution in [0, 0.1) is 23.2 Å². The molecular weight excluding hydrogens is 486 g/mol. The Kier molecular flexibility index (Phi) is 7.26. The van der Waals surface area contributed by atoms with Crippen molar-refractivity contribution in [1.82, 2.24) is 14.9 Å². The van der Waals surface area contributed by atoms with Gasteiger partial charge in [0.2, 0.25) is 15.9 Å². The predicted molar refractivity (Wildman–Crippen MR) is 143 cm³/mol. The van der Waals surface area contributed by atoms with E-state index in [4.69, 9.17) is 0 Å². The molecule has 2 amide bonds. The number of amides is 2. The van der Waals surface area contributed by atoms with Gasteiger partial charge in [0.25, 0.3) is 5.91 Å². The van der Waals surface area contributed by atoms with Crippen LogP contribution in [0.4, 0.5) is 0 Å². The zero-order valence-electron chi connectivity index (χ0n) is 22.1. The van der Waals surface area contributed by atoms with Gasteiger partial charge in [-0.05, 0) is 125 Å². The maximum Gasteiger partial charge on any atom is 0.251 e. The Morgan fingerprint density at radius 2 is 1.51 bits per heavy atom. The fourth-order valence-electron chi connectivity index (χ4n) is 8.45. The molecule has 1 aliphatic heterocycles.